The van der Waals surface area contributed by atoms with Crippen molar-refractivity contribution in [2.24, 2.45) is 0 Å². The molecule has 1 N–H and O–H groups in total. The summed E-state index contributed by atoms with van der Waals surface area (Å²) in [4.78, 5) is 20.9. The number of aromatic nitrogens is 3. The van der Waals surface area contributed by atoms with E-state index < -0.39 is 0 Å². The third-order valence-corrected chi connectivity index (χ3v) is 7.63. The number of amides is 2. The fourth-order valence-electron chi connectivity index (χ4n) is 4.82. The Balaban J connectivity index is 1.56. The molecule has 6 nitrogen and oxygen atoms in total. The molecular formula is C29H39N5OS. The summed E-state index contributed by atoms with van der Waals surface area (Å²) in [6.07, 6.45) is 1.88. The van der Waals surface area contributed by atoms with Crippen LogP contribution in [-0.2, 0) is 12.0 Å². The molecule has 0 spiro atoms. The van der Waals surface area contributed by atoms with Gasteiger partial charge in [-0.1, -0.05) is 58.0 Å². The maximum Gasteiger partial charge on any atom is 0.317 e. The number of carbonyl (C=O) groups is 1. The summed E-state index contributed by atoms with van der Waals surface area (Å²) in [7, 11) is 0. The summed E-state index contributed by atoms with van der Waals surface area (Å²) >= 11 is 1.77. The summed E-state index contributed by atoms with van der Waals surface area (Å²) in [6, 6.07) is 17.1. The standard InChI is InChI=1S/C29H39N5OS/c1-7-36-23-14-13-22(30-17-23)16-31-28(35)33-18-24(21-11-9-8-10-12-21)25(19-33)26-15-27(29(4,5)6)32-34(26)20(2)3/h8-15,17,20,24-25H,7,16,18-19H2,1-6H3,(H,31,35). The Morgan fingerprint density at radius 3 is 2.44 bits per heavy atom. The van der Waals surface area contributed by atoms with Gasteiger partial charge in [0.05, 0.1) is 17.9 Å². The zero-order chi connectivity index (χ0) is 25.9. The first-order valence-electron chi connectivity index (χ1n) is 12.9. The van der Waals surface area contributed by atoms with Gasteiger partial charge in [-0.25, -0.2) is 4.79 Å². The maximum absolute atomic E-state index is 13.3. The molecule has 7 heteroatoms. The molecule has 0 aliphatic carbocycles. The van der Waals surface area contributed by atoms with Crippen LogP contribution in [0.4, 0.5) is 4.79 Å². The second kappa shape index (κ2) is 11.1. The Kier molecular flexibility index (Phi) is 8.08. The van der Waals surface area contributed by atoms with Gasteiger partial charge in [0, 0.05) is 53.2 Å². The van der Waals surface area contributed by atoms with Gasteiger partial charge in [-0.05, 0) is 43.4 Å². The van der Waals surface area contributed by atoms with Gasteiger partial charge in [0.1, 0.15) is 0 Å². The van der Waals surface area contributed by atoms with Crippen LogP contribution in [0.25, 0.3) is 0 Å². The number of urea groups is 1. The Labute approximate surface area is 219 Å². The average Bonchev–Trinajstić information content (AvgIpc) is 3.49. The lowest BCUT2D eigenvalue weighted by Gasteiger charge is -2.21. The van der Waals surface area contributed by atoms with Gasteiger partial charge < -0.3 is 10.2 Å². The third-order valence-electron chi connectivity index (χ3n) is 6.77. The lowest BCUT2D eigenvalue weighted by molar-refractivity contribution is 0.207. The van der Waals surface area contributed by atoms with Crippen LogP contribution in [-0.4, -0.2) is 44.5 Å². The largest absolute Gasteiger partial charge is 0.332 e. The van der Waals surface area contributed by atoms with E-state index in [2.05, 4.69) is 92.9 Å². The summed E-state index contributed by atoms with van der Waals surface area (Å²) < 4.78 is 2.17. The smallest absolute Gasteiger partial charge is 0.317 e. The van der Waals surface area contributed by atoms with Gasteiger partial charge in [-0.15, -0.1) is 11.8 Å². The van der Waals surface area contributed by atoms with Gasteiger partial charge in [-0.2, -0.15) is 5.10 Å². The van der Waals surface area contributed by atoms with Crippen molar-refractivity contribution in [2.75, 3.05) is 18.8 Å². The van der Waals surface area contributed by atoms with E-state index in [-0.39, 0.29) is 29.3 Å². The molecule has 1 saturated heterocycles. The van der Waals surface area contributed by atoms with Gasteiger partial charge in [-0.3, -0.25) is 9.67 Å². The van der Waals surface area contributed by atoms with Crippen LogP contribution in [0.5, 0.6) is 0 Å². The first kappa shape index (κ1) is 26.3. The molecule has 1 aliphatic rings. The number of rotatable bonds is 7. The summed E-state index contributed by atoms with van der Waals surface area (Å²) in [5.74, 6) is 1.40. The lowest BCUT2D eigenvalue weighted by Crippen LogP contribution is -2.38. The number of nitrogens with one attached hydrogen (secondary N) is 1. The Bertz CT molecular complexity index is 1150. The van der Waals surface area contributed by atoms with Crippen LogP contribution in [0.1, 0.15) is 82.1 Å². The van der Waals surface area contributed by atoms with Crippen molar-refractivity contribution in [3.8, 4) is 0 Å². The predicted molar refractivity (Wildman–Crippen MR) is 148 cm³/mol. The highest BCUT2D eigenvalue weighted by molar-refractivity contribution is 7.99. The van der Waals surface area contributed by atoms with E-state index in [0.29, 0.717) is 19.6 Å². The number of benzene rings is 1. The molecule has 1 aromatic carbocycles. The second-order valence-corrected chi connectivity index (χ2v) is 12.2. The maximum atomic E-state index is 13.3. The minimum absolute atomic E-state index is 0.0367. The number of nitrogens with zero attached hydrogens (tertiary/aromatic N) is 4. The summed E-state index contributed by atoms with van der Waals surface area (Å²) in [6.45, 7) is 14.8. The fourth-order valence-corrected chi connectivity index (χ4v) is 5.44. The van der Waals surface area contributed by atoms with Crippen LogP contribution in [0.3, 0.4) is 0 Å². The molecule has 1 aliphatic heterocycles. The SMILES string of the molecule is CCSc1ccc(CNC(=O)N2CC(c3ccccc3)C(c3cc(C(C)(C)C)nn3C(C)C)C2)nc1. The molecule has 3 aromatic rings. The molecule has 2 amide bonds. The molecule has 192 valence electrons. The first-order valence-corrected chi connectivity index (χ1v) is 13.9. The highest BCUT2D eigenvalue weighted by atomic mass is 32.2. The second-order valence-electron chi connectivity index (χ2n) is 10.8. The molecule has 2 atom stereocenters. The topological polar surface area (TPSA) is 63.1 Å². The Morgan fingerprint density at radius 2 is 1.83 bits per heavy atom. The molecular weight excluding hydrogens is 466 g/mol. The number of likely N-dealkylation sites (tertiary alicyclic amines) is 1. The van der Waals surface area contributed by atoms with Crippen LogP contribution >= 0.6 is 11.8 Å². The summed E-state index contributed by atoms with van der Waals surface area (Å²) in [5.41, 5.74) is 4.40. The zero-order valence-electron chi connectivity index (χ0n) is 22.4. The third kappa shape index (κ3) is 5.94. The molecule has 4 rings (SSSR count). The zero-order valence-corrected chi connectivity index (χ0v) is 23.2. The highest BCUT2D eigenvalue weighted by Crippen LogP contribution is 2.41. The van der Waals surface area contributed by atoms with Gasteiger partial charge >= 0.3 is 6.03 Å². The van der Waals surface area contributed by atoms with Crippen LogP contribution in [0.15, 0.2) is 59.6 Å². The van der Waals surface area contributed by atoms with E-state index in [0.717, 1.165) is 22.0 Å². The number of thioether (sulfide) groups is 1. The lowest BCUT2D eigenvalue weighted by atomic mass is 9.85. The van der Waals surface area contributed by atoms with Gasteiger partial charge in [0.25, 0.3) is 0 Å². The van der Waals surface area contributed by atoms with Crippen molar-refractivity contribution < 1.29 is 4.79 Å². The fraction of sp³-hybridized carbons (Fsp3) is 0.483. The van der Waals surface area contributed by atoms with Crippen molar-refractivity contribution in [3.05, 3.63) is 77.4 Å². The first-order chi connectivity index (χ1) is 17.2. The Morgan fingerprint density at radius 1 is 1.11 bits per heavy atom. The monoisotopic (exact) mass is 505 g/mol. The summed E-state index contributed by atoms with van der Waals surface area (Å²) in [5, 5.41) is 8.11. The van der Waals surface area contributed by atoms with Crippen LogP contribution in [0.2, 0.25) is 0 Å². The number of carbonyl (C=O) groups excluding carboxylic acids is 1. The minimum atomic E-state index is -0.0427. The van der Waals surface area contributed by atoms with E-state index in [4.69, 9.17) is 5.10 Å². The number of hydrogen-bond donors (Lipinski definition) is 1. The van der Waals surface area contributed by atoms with Crippen molar-refractivity contribution in [1.29, 1.82) is 0 Å². The number of hydrogen-bond acceptors (Lipinski definition) is 4. The van der Waals surface area contributed by atoms with Crippen molar-refractivity contribution in [1.82, 2.24) is 25.0 Å². The number of pyridine rings is 1. The van der Waals surface area contributed by atoms with Crippen molar-refractivity contribution >= 4 is 17.8 Å². The van der Waals surface area contributed by atoms with Gasteiger partial charge in [0.2, 0.25) is 0 Å². The normalized spacial score (nSPS) is 18.1. The molecule has 0 saturated carbocycles. The van der Waals surface area contributed by atoms with E-state index in [1.807, 2.05) is 23.2 Å². The minimum Gasteiger partial charge on any atom is -0.332 e. The molecule has 2 aromatic heterocycles. The molecule has 2 unspecified atom stereocenters. The molecule has 1 fully saturated rings. The quantitative estimate of drug-likeness (QED) is 0.380. The van der Waals surface area contributed by atoms with E-state index in [1.54, 1.807) is 11.8 Å². The van der Waals surface area contributed by atoms with E-state index >= 15 is 0 Å². The van der Waals surface area contributed by atoms with Gasteiger partial charge in [0.15, 0.2) is 0 Å². The van der Waals surface area contributed by atoms with Crippen LogP contribution < -0.4 is 5.32 Å². The van der Waals surface area contributed by atoms with Crippen molar-refractivity contribution in [3.63, 3.8) is 0 Å². The molecule has 0 bridgehead atoms. The van der Waals surface area contributed by atoms with Crippen LogP contribution in [0, 0.1) is 0 Å². The molecule has 0 radical (unpaired) electrons. The van der Waals surface area contributed by atoms with E-state index in [9.17, 15) is 4.79 Å². The Hall–Kier alpha value is -2.80. The molecule has 3 heterocycles. The highest BCUT2D eigenvalue weighted by Gasteiger charge is 2.40. The van der Waals surface area contributed by atoms with E-state index in [1.165, 1.54) is 11.3 Å². The molecule has 36 heavy (non-hydrogen) atoms. The predicted octanol–water partition coefficient (Wildman–Crippen LogP) is 6.36. The average molecular weight is 506 g/mol. The van der Waals surface area contributed by atoms with Crippen molar-refractivity contribution in [2.45, 2.75) is 76.3 Å².